The summed E-state index contributed by atoms with van der Waals surface area (Å²) in [6.45, 7) is 0. The molecule has 0 aliphatic heterocycles. The first-order valence-electron chi connectivity index (χ1n) is 24.7. The van der Waals surface area contributed by atoms with Crippen LogP contribution < -0.4 is 4.90 Å². The van der Waals surface area contributed by atoms with Crippen molar-refractivity contribution in [1.29, 1.82) is 0 Å². The van der Waals surface area contributed by atoms with Gasteiger partial charge in [0.05, 0.1) is 22.1 Å². The Kier molecular flexibility index (Phi) is 11.1. The minimum atomic E-state index is 0.920. The molecule has 0 spiro atoms. The Bertz CT molecular complexity index is 3790. The fourth-order valence-corrected chi connectivity index (χ4v) is 10.3. The van der Waals surface area contributed by atoms with Crippen LogP contribution in [-0.4, -0.2) is 19.1 Å². The minimum Gasteiger partial charge on any atom is -0.311 e. The zero-order valence-electron chi connectivity index (χ0n) is 39.9. The standard InChI is InChI=1S/C68H47N5/c1-6-20-50(21-7-1)67-69-65-61(34-18-36-63(65)72(67)57-30-12-4-13-31-57)54-26-16-24-52(46-54)48-38-42-59(43-39-48)71(56-28-10-3-11-29-56)60-44-40-49(41-45-60)53-25-17-27-55(47-53)62-35-19-37-64-66(62)70-68(51-22-8-2-9-23-51)73(64)58-32-14-5-15-33-58/h1-47H. The van der Waals surface area contributed by atoms with Gasteiger partial charge < -0.3 is 4.90 Å². The molecule has 0 bridgehead atoms. The molecular formula is C68H47N5. The van der Waals surface area contributed by atoms with Crippen molar-refractivity contribution < 1.29 is 0 Å². The van der Waals surface area contributed by atoms with E-state index in [1.165, 1.54) is 0 Å². The molecule has 0 saturated carbocycles. The number of anilines is 3. The van der Waals surface area contributed by atoms with Gasteiger partial charge in [0.25, 0.3) is 0 Å². The lowest BCUT2D eigenvalue weighted by Crippen LogP contribution is -2.09. The zero-order valence-corrected chi connectivity index (χ0v) is 39.9. The van der Waals surface area contributed by atoms with E-state index in [-0.39, 0.29) is 0 Å². The number of fused-ring (bicyclic) bond motifs is 2. The first kappa shape index (κ1) is 43.2. The fourth-order valence-electron chi connectivity index (χ4n) is 10.3. The summed E-state index contributed by atoms with van der Waals surface area (Å²) in [5, 5.41) is 0. The van der Waals surface area contributed by atoms with Gasteiger partial charge in [-0.1, -0.05) is 200 Å². The highest BCUT2D eigenvalue weighted by atomic mass is 15.1. The normalized spacial score (nSPS) is 11.3. The number of para-hydroxylation sites is 5. The maximum Gasteiger partial charge on any atom is 0.145 e. The van der Waals surface area contributed by atoms with Crippen LogP contribution in [0.1, 0.15) is 0 Å². The van der Waals surface area contributed by atoms with Crippen LogP contribution in [-0.2, 0) is 0 Å². The van der Waals surface area contributed by atoms with Gasteiger partial charge in [0.1, 0.15) is 11.6 Å². The third-order valence-corrected chi connectivity index (χ3v) is 13.7. The smallest absolute Gasteiger partial charge is 0.145 e. The molecule has 13 rings (SSSR count). The number of nitrogens with zero attached hydrogens (tertiary/aromatic N) is 5. The summed E-state index contributed by atoms with van der Waals surface area (Å²) in [6.07, 6.45) is 0. The van der Waals surface area contributed by atoms with Crippen molar-refractivity contribution in [3.63, 3.8) is 0 Å². The summed E-state index contributed by atoms with van der Waals surface area (Å²) >= 11 is 0. The number of imidazole rings is 2. The van der Waals surface area contributed by atoms with E-state index >= 15 is 0 Å². The molecule has 0 unspecified atom stereocenters. The van der Waals surface area contributed by atoms with E-state index in [0.29, 0.717) is 0 Å². The molecule has 13 aromatic rings. The van der Waals surface area contributed by atoms with Crippen LogP contribution in [0.2, 0.25) is 0 Å². The summed E-state index contributed by atoms with van der Waals surface area (Å²) < 4.78 is 4.54. The quantitative estimate of drug-likeness (QED) is 0.130. The SMILES string of the molecule is c1ccc(-c2nc3c(-c4cccc(-c5ccc(N(c6ccccc6)c6ccc(-c7cccc(-c8cccc9c8nc(-c8ccccc8)n9-c8ccccc8)c7)cc6)cc5)c4)cccc3n2-c2ccccc2)cc1. The number of aromatic nitrogens is 4. The van der Waals surface area contributed by atoms with Gasteiger partial charge in [0, 0.05) is 50.7 Å². The van der Waals surface area contributed by atoms with Crippen LogP contribution >= 0.6 is 0 Å². The first-order valence-corrected chi connectivity index (χ1v) is 24.7. The monoisotopic (exact) mass is 933 g/mol. The van der Waals surface area contributed by atoms with Gasteiger partial charge in [-0.15, -0.1) is 0 Å². The van der Waals surface area contributed by atoms with Crippen LogP contribution in [0.25, 0.3) is 101 Å². The van der Waals surface area contributed by atoms with Crippen molar-refractivity contribution in [1.82, 2.24) is 19.1 Å². The molecule has 11 aromatic carbocycles. The van der Waals surface area contributed by atoms with E-state index in [1.54, 1.807) is 0 Å². The third kappa shape index (κ3) is 8.15. The van der Waals surface area contributed by atoms with Crippen LogP contribution in [0, 0.1) is 0 Å². The van der Waals surface area contributed by atoms with Gasteiger partial charge >= 0.3 is 0 Å². The van der Waals surface area contributed by atoms with Gasteiger partial charge in [-0.25, -0.2) is 9.97 Å². The molecule has 5 nitrogen and oxygen atoms in total. The van der Waals surface area contributed by atoms with Crippen LogP contribution in [0.3, 0.4) is 0 Å². The van der Waals surface area contributed by atoms with Crippen molar-refractivity contribution in [2.24, 2.45) is 0 Å². The lowest BCUT2D eigenvalue weighted by atomic mass is 9.97. The molecule has 2 heterocycles. The fraction of sp³-hybridized carbons (Fsp3) is 0. The topological polar surface area (TPSA) is 38.9 Å². The average molecular weight is 934 g/mol. The van der Waals surface area contributed by atoms with E-state index < -0.39 is 0 Å². The van der Waals surface area contributed by atoms with Crippen molar-refractivity contribution >= 4 is 39.1 Å². The van der Waals surface area contributed by atoms with Crippen molar-refractivity contribution in [3.8, 4) is 78.7 Å². The van der Waals surface area contributed by atoms with E-state index in [9.17, 15) is 0 Å². The highest BCUT2D eigenvalue weighted by molar-refractivity contribution is 5.98. The largest absolute Gasteiger partial charge is 0.311 e. The molecule has 344 valence electrons. The molecule has 2 aromatic heterocycles. The Balaban J connectivity index is 0.815. The predicted octanol–water partition coefficient (Wildman–Crippen LogP) is 17.8. The van der Waals surface area contributed by atoms with Gasteiger partial charge in [-0.3, -0.25) is 9.13 Å². The predicted molar refractivity (Wildman–Crippen MR) is 303 cm³/mol. The number of benzene rings is 11. The molecule has 0 aliphatic carbocycles. The van der Waals surface area contributed by atoms with Crippen molar-refractivity contribution in [2.45, 2.75) is 0 Å². The van der Waals surface area contributed by atoms with Crippen molar-refractivity contribution in [2.75, 3.05) is 4.90 Å². The lowest BCUT2D eigenvalue weighted by molar-refractivity contribution is 1.10. The average Bonchev–Trinajstić information content (AvgIpc) is 4.07. The number of hydrogen-bond acceptors (Lipinski definition) is 3. The Morgan fingerprint density at radius 1 is 0.247 bits per heavy atom. The van der Waals surface area contributed by atoms with Gasteiger partial charge in [0.2, 0.25) is 0 Å². The lowest BCUT2D eigenvalue weighted by Gasteiger charge is -2.26. The minimum absolute atomic E-state index is 0.920. The van der Waals surface area contributed by atoms with Gasteiger partial charge in [-0.05, 0) is 118 Å². The first-order chi connectivity index (χ1) is 36.2. The third-order valence-electron chi connectivity index (χ3n) is 13.7. The molecule has 0 amide bonds. The molecule has 5 heteroatoms. The summed E-state index contributed by atoms with van der Waals surface area (Å²) in [4.78, 5) is 13.0. The summed E-state index contributed by atoms with van der Waals surface area (Å²) in [5.74, 6) is 1.84. The maximum absolute atomic E-state index is 5.35. The van der Waals surface area contributed by atoms with E-state index in [4.69, 9.17) is 9.97 Å². The van der Waals surface area contributed by atoms with Crippen LogP contribution in [0.15, 0.2) is 285 Å². The molecule has 0 aliphatic rings. The second kappa shape index (κ2) is 18.8. The van der Waals surface area contributed by atoms with E-state index in [0.717, 1.165) is 118 Å². The zero-order chi connectivity index (χ0) is 48.5. The second-order valence-electron chi connectivity index (χ2n) is 18.2. The van der Waals surface area contributed by atoms with Crippen molar-refractivity contribution in [3.05, 3.63) is 285 Å². The van der Waals surface area contributed by atoms with E-state index in [2.05, 4.69) is 287 Å². The molecule has 0 N–H and O–H groups in total. The summed E-state index contributed by atoms with van der Waals surface area (Å²) in [6, 6.07) is 101. The molecule has 0 atom stereocenters. The Hall–Kier alpha value is -9.84. The Morgan fingerprint density at radius 2 is 0.575 bits per heavy atom. The van der Waals surface area contributed by atoms with Crippen LogP contribution in [0.5, 0.6) is 0 Å². The summed E-state index contributed by atoms with van der Waals surface area (Å²) in [7, 11) is 0. The maximum atomic E-state index is 5.35. The van der Waals surface area contributed by atoms with E-state index in [1.807, 2.05) is 12.1 Å². The molecule has 0 fully saturated rings. The Labute approximate surface area is 424 Å². The highest BCUT2D eigenvalue weighted by Gasteiger charge is 2.20. The second-order valence-corrected chi connectivity index (χ2v) is 18.2. The molecule has 73 heavy (non-hydrogen) atoms. The molecule has 0 saturated heterocycles. The number of rotatable bonds is 11. The molecule has 0 radical (unpaired) electrons. The Morgan fingerprint density at radius 3 is 0.986 bits per heavy atom. The highest BCUT2D eigenvalue weighted by Crippen LogP contribution is 2.40. The molecular weight excluding hydrogens is 887 g/mol. The summed E-state index contributed by atoms with van der Waals surface area (Å²) in [5.41, 5.74) is 20.6. The van der Waals surface area contributed by atoms with Crippen LogP contribution in [0.4, 0.5) is 17.1 Å². The van der Waals surface area contributed by atoms with Gasteiger partial charge in [-0.2, -0.15) is 0 Å². The number of hydrogen-bond donors (Lipinski definition) is 0. The van der Waals surface area contributed by atoms with Gasteiger partial charge in [0.15, 0.2) is 0 Å².